The number of para-hydroxylation sites is 1. The summed E-state index contributed by atoms with van der Waals surface area (Å²) in [6.07, 6.45) is 1.21. The fourth-order valence-corrected chi connectivity index (χ4v) is 2.34. The molecule has 1 N–H and O–H groups in total. The number of fused-ring (bicyclic) bond motifs is 1. The highest BCUT2D eigenvalue weighted by molar-refractivity contribution is 6.29. The molecule has 0 aliphatic heterocycles. The standard InChI is InChI=1S/C14H10ClN3O2/c1-8-3-2-4-9-5-12(19)18(13(8)9)14(20)10-6-11(15)17-7-16-10/h2-7,19H,1H3. The van der Waals surface area contributed by atoms with Gasteiger partial charge in [0.2, 0.25) is 0 Å². The number of carbonyl (C=O) groups is 1. The lowest BCUT2D eigenvalue weighted by molar-refractivity contribution is 0.0951. The number of carbonyl (C=O) groups excluding carboxylic acids is 1. The van der Waals surface area contributed by atoms with Gasteiger partial charge in [-0.1, -0.05) is 29.8 Å². The van der Waals surface area contributed by atoms with Crippen molar-refractivity contribution in [2.75, 3.05) is 0 Å². The topological polar surface area (TPSA) is 68.0 Å². The highest BCUT2D eigenvalue weighted by atomic mass is 35.5. The van der Waals surface area contributed by atoms with Gasteiger partial charge in [0.1, 0.15) is 17.2 Å². The first-order valence-electron chi connectivity index (χ1n) is 5.90. The molecule has 0 spiro atoms. The van der Waals surface area contributed by atoms with Crippen molar-refractivity contribution in [2.24, 2.45) is 0 Å². The molecule has 6 heteroatoms. The van der Waals surface area contributed by atoms with Crippen molar-refractivity contribution in [3.63, 3.8) is 0 Å². The van der Waals surface area contributed by atoms with Crippen LogP contribution in [0, 0.1) is 6.92 Å². The second-order valence-electron chi connectivity index (χ2n) is 4.38. The predicted octanol–water partition coefficient (Wildman–Crippen LogP) is 2.79. The van der Waals surface area contributed by atoms with Gasteiger partial charge in [-0.2, -0.15) is 0 Å². The molecule has 0 unspecified atom stereocenters. The van der Waals surface area contributed by atoms with E-state index in [1.165, 1.54) is 17.0 Å². The number of aromatic hydroxyl groups is 1. The van der Waals surface area contributed by atoms with Crippen molar-refractivity contribution in [3.8, 4) is 5.88 Å². The van der Waals surface area contributed by atoms with Crippen molar-refractivity contribution < 1.29 is 9.90 Å². The molecule has 0 radical (unpaired) electrons. The molecule has 0 fully saturated rings. The Hall–Kier alpha value is -2.40. The molecule has 0 bridgehead atoms. The summed E-state index contributed by atoms with van der Waals surface area (Å²) in [6.45, 7) is 1.87. The smallest absolute Gasteiger partial charge is 0.283 e. The van der Waals surface area contributed by atoms with Gasteiger partial charge in [0.25, 0.3) is 5.91 Å². The number of aromatic nitrogens is 3. The lowest BCUT2D eigenvalue weighted by Gasteiger charge is -2.07. The maximum absolute atomic E-state index is 12.5. The number of hydrogen-bond acceptors (Lipinski definition) is 4. The molecule has 100 valence electrons. The van der Waals surface area contributed by atoms with Gasteiger partial charge >= 0.3 is 0 Å². The fourth-order valence-electron chi connectivity index (χ4n) is 2.19. The summed E-state index contributed by atoms with van der Waals surface area (Å²) in [5.41, 5.74) is 1.67. The highest BCUT2D eigenvalue weighted by Gasteiger charge is 2.19. The van der Waals surface area contributed by atoms with Crippen LogP contribution in [0.3, 0.4) is 0 Å². The maximum atomic E-state index is 12.5. The molecule has 0 atom stereocenters. The van der Waals surface area contributed by atoms with E-state index in [0.717, 1.165) is 10.9 Å². The predicted molar refractivity (Wildman–Crippen MR) is 75.1 cm³/mol. The summed E-state index contributed by atoms with van der Waals surface area (Å²) in [4.78, 5) is 20.1. The molecule has 1 aromatic carbocycles. The van der Waals surface area contributed by atoms with Crippen LogP contribution < -0.4 is 0 Å². The van der Waals surface area contributed by atoms with Gasteiger partial charge in [0.05, 0.1) is 5.52 Å². The number of nitrogens with zero attached hydrogens (tertiary/aromatic N) is 3. The van der Waals surface area contributed by atoms with E-state index in [1.54, 1.807) is 6.07 Å². The Morgan fingerprint density at radius 1 is 1.30 bits per heavy atom. The Bertz CT molecular complexity index is 826. The molecule has 5 nitrogen and oxygen atoms in total. The molecule has 0 aliphatic carbocycles. The first kappa shape index (κ1) is 12.6. The van der Waals surface area contributed by atoms with Crippen LogP contribution in [0.25, 0.3) is 10.9 Å². The van der Waals surface area contributed by atoms with Gasteiger partial charge in [0.15, 0.2) is 5.88 Å². The molecule has 2 aromatic heterocycles. The Labute approximate surface area is 119 Å². The van der Waals surface area contributed by atoms with Crippen LogP contribution in [0.4, 0.5) is 0 Å². The summed E-state index contributed by atoms with van der Waals surface area (Å²) < 4.78 is 1.23. The minimum Gasteiger partial charge on any atom is -0.494 e. The minimum absolute atomic E-state index is 0.126. The first-order valence-corrected chi connectivity index (χ1v) is 6.28. The van der Waals surface area contributed by atoms with Gasteiger partial charge in [-0.15, -0.1) is 0 Å². The maximum Gasteiger partial charge on any atom is 0.283 e. The van der Waals surface area contributed by atoms with Crippen molar-refractivity contribution in [1.82, 2.24) is 14.5 Å². The lowest BCUT2D eigenvalue weighted by Crippen LogP contribution is -2.13. The van der Waals surface area contributed by atoms with E-state index in [2.05, 4.69) is 9.97 Å². The first-order chi connectivity index (χ1) is 9.58. The molecule has 20 heavy (non-hydrogen) atoms. The molecule has 0 amide bonds. The van der Waals surface area contributed by atoms with E-state index < -0.39 is 5.91 Å². The lowest BCUT2D eigenvalue weighted by atomic mass is 10.2. The summed E-state index contributed by atoms with van der Waals surface area (Å²) in [5.74, 6) is -0.579. The number of rotatable bonds is 1. The largest absolute Gasteiger partial charge is 0.494 e. The second kappa shape index (κ2) is 4.61. The highest BCUT2D eigenvalue weighted by Crippen LogP contribution is 2.28. The molecule has 3 aromatic rings. The number of aryl methyl sites for hydroxylation is 1. The molecular formula is C14H10ClN3O2. The third-order valence-electron chi connectivity index (χ3n) is 3.06. The van der Waals surface area contributed by atoms with E-state index in [1.807, 2.05) is 25.1 Å². The summed E-state index contributed by atoms with van der Waals surface area (Å²) in [6, 6.07) is 8.49. The summed E-state index contributed by atoms with van der Waals surface area (Å²) in [5, 5.41) is 11.0. The van der Waals surface area contributed by atoms with Crippen molar-refractivity contribution in [2.45, 2.75) is 6.92 Å². The van der Waals surface area contributed by atoms with Crippen LogP contribution in [-0.2, 0) is 0 Å². The van der Waals surface area contributed by atoms with Crippen LogP contribution in [-0.4, -0.2) is 25.5 Å². The van der Waals surface area contributed by atoms with Crippen molar-refractivity contribution in [1.29, 1.82) is 0 Å². The Balaban J connectivity index is 2.24. The summed E-state index contributed by atoms with van der Waals surface area (Å²) in [7, 11) is 0. The van der Waals surface area contributed by atoms with Crippen LogP contribution in [0.1, 0.15) is 16.1 Å². The molecule has 3 rings (SSSR count). The zero-order valence-corrected chi connectivity index (χ0v) is 11.3. The van der Waals surface area contributed by atoms with Gasteiger partial charge in [-0.05, 0) is 12.5 Å². The Kier molecular flexibility index (Phi) is 2.91. The molecule has 0 aliphatic rings. The summed E-state index contributed by atoms with van der Waals surface area (Å²) >= 11 is 5.76. The zero-order valence-electron chi connectivity index (χ0n) is 10.5. The number of hydrogen-bond donors (Lipinski definition) is 1. The van der Waals surface area contributed by atoms with E-state index in [4.69, 9.17) is 11.6 Å². The number of benzene rings is 1. The van der Waals surface area contributed by atoms with Gasteiger partial charge < -0.3 is 5.11 Å². The molecule has 0 saturated carbocycles. The van der Waals surface area contributed by atoms with Crippen LogP contribution >= 0.6 is 11.6 Å². The van der Waals surface area contributed by atoms with Crippen LogP contribution in [0.15, 0.2) is 36.7 Å². The van der Waals surface area contributed by atoms with Gasteiger partial charge in [-0.3, -0.25) is 4.79 Å². The fraction of sp³-hybridized carbons (Fsp3) is 0.0714. The second-order valence-corrected chi connectivity index (χ2v) is 4.77. The Morgan fingerprint density at radius 3 is 2.85 bits per heavy atom. The quantitative estimate of drug-likeness (QED) is 0.699. The van der Waals surface area contributed by atoms with Crippen molar-refractivity contribution >= 4 is 28.4 Å². The molecule has 0 saturated heterocycles. The van der Waals surface area contributed by atoms with Gasteiger partial charge in [0, 0.05) is 17.5 Å². The van der Waals surface area contributed by atoms with Crippen molar-refractivity contribution in [3.05, 3.63) is 53.1 Å². The SMILES string of the molecule is Cc1cccc2cc(O)n(C(=O)c3cc(Cl)ncn3)c12. The zero-order chi connectivity index (χ0) is 14.3. The van der Waals surface area contributed by atoms with E-state index in [0.29, 0.717) is 5.52 Å². The monoisotopic (exact) mass is 287 g/mol. The van der Waals surface area contributed by atoms with Gasteiger partial charge in [-0.25, -0.2) is 14.5 Å². The average Bonchev–Trinajstić information content (AvgIpc) is 2.75. The Morgan fingerprint density at radius 2 is 2.10 bits per heavy atom. The molecule has 2 heterocycles. The third kappa shape index (κ3) is 1.92. The van der Waals surface area contributed by atoms with E-state index in [-0.39, 0.29) is 16.7 Å². The van der Waals surface area contributed by atoms with Crippen LogP contribution in [0.5, 0.6) is 5.88 Å². The average molecular weight is 288 g/mol. The number of halogens is 1. The third-order valence-corrected chi connectivity index (χ3v) is 3.27. The van der Waals surface area contributed by atoms with E-state index >= 15 is 0 Å². The van der Waals surface area contributed by atoms with E-state index in [9.17, 15) is 9.90 Å². The minimum atomic E-state index is -0.448. The normalized spacial score (nSPS) is 10.9. The van der Waals surface area contributed by atoms with Crippen LogP contribution in [0.2, 0.25) is 5.15 Å². The molecular weight excluding hydrogens is 278 g/mol.